The summed E-state index contributed by atoms with van der Waals surface area (Å²) in [6.45, 7) is 2.43. The SMILES string of the molecule is O=C(CC1CCCNC1)NCCc1ccccc1C(=O)O. The van der Waals surface area contributed by atoms with Crippen LogP contribution < -0.4 is 10.6 Å². The van der Waals surface area contributed by atoms with E-state index < -0.39 is 5.97 Å². The third-order valence-electron chi connectivity index (χ3n) is 3.84. The van der Waals surface area contributed by atoms with E-state index in [1.165, 1.54) is 0 Å². The summed E-state index contributed by atoms with van der Waals surface area (Å²) in [7, 11) is 0. The van der Waals surface area contributed by atoms with Crippen molar-refractivity contribution in [3.05, 3.63) is 35.4 Å². The quantitative estimate of drug-likeness (QED) is 0.740. The number of hydrogen-bond acceptors (Lipinski definition) is 3. The first-order valence-electron chi connectivity index (χ1n) is 7.45. The lowest BCUT2D eigenvalue weighted by atomic mass is 9.96. The largest absolute Gasteiger partial charge is 0.478 e. The molecule has 0 saturated carbocycles. The number of carbonyl (C=O) groups excluding carboxylic acids is 1. The minimum atomic E-state index is -0.926. The Balaban J connectivity index is 1.76. The Morgan fingerprint density at radius 3 is 2.86 bits per heavy atom. The molecule has 1 atom stereocenters. The molecule has 0 bridgehead atoms. The van der Waals surface area contributed by atoms with E-state index >= 15 is 0 Å². The highest BCUT2D eigenvalue weighted by Crippen LogP contribution is 2.13. The smallest absolute Gasteiger partial charge is 0.335 e. The zero-order chi connectivity index (χ0) is 15.1. The van der Waals surface area contributed by atoms with Crippen LogP contribution in [-0.4, -0.2) is 36.6 Å². The molecule has 0 radical (unpaired) electrons. The molecule has 1 aliphatic rings. The molecule has 114 valence electrons. The molecule has 0 aromatic heterocycles. The van der Waals surface area contributed by atoms with Gasteiger partial charge in [0.15, 0.2) is 0 Å². The molecular formula is C16H22N2O3. The van der Waals surface area contributed by atoms with Crippen molar-refractivity contribution in [2.75, 3.05) is 19.6 Å². The highest BCUT2D eigenvalue weighted by molar-refractivity contribution is 5.89. The van der Waals surface area contributed by atoms with Gasteiger partial charge in [0.2, 0.25) is 5.91 Å². The Bertz CT molecular complexity index is 496. The third kappa shape index (κ3) is 4.86. The predicted molar refractivity (Wildman–Crippen MR) is 80.3 cm³/mol. The third-order valence-corrected chi connectivity index (χ3v) is 3.84. The van der Waals surface area contributed by atoms with E-state index in [1.54, 1.807) is 18.2 Å². The molecule has 1 heterocycles. The van der Waals surface area contributed by atoms with E-state index in [9.17, 15) is 9.59 Å². The van der Waals surface area contributed by atoms with Gasteiger partial charge in [0.25, 0.3) is 0 Å². The summed E-state index contributed by atoms with van der Waals surface area (Å²) in [6, 6.07) is 6.91. The summed E-state index contributed by atoms with van der Waals surface area (Å²) in [5, 5.41) is 15.3. The summed E-state index contributed by atoms with van der Waals surface area (Å²) >= 11 is 0. The van der Waals surface area contributed by atoms with E-state index in [-0.39, 0.29) is 5.91 Å². The molecule has 1 fully saturated rings. The topological polar surface area (TPSA) is 78.4 Å². The van der Waals surface area contributed by atoms with Gasteiger partial charge in [-0.25, -0.2) is 4.79 Å². The van der Waals surface area contributed by atoms with E-state index in [4.69, 9.17) is 5.11 Å². The second-order valence-corrected chi connectivity index (χ2v) is 5.48. The van der Waals surface area contributed by atoms with Gasteiger partial charge in [0.05, 0.1) is 5.56 Å². The summed E-state index contributed by atoms with van der Waals surface area (Å²) in [4.78, 5) is 23.0. The van der Waals surface area contributed by atoms with Crippen LogP contribution in [0.25, 0.3) is 0 Å². The van der Waals surface area contributed by atoms with Crippen LogP contribution in [0.4, 0.5) is 0 Å². The number of carboxylic acid groups (broad SMARTS) is 1. The average molecular weight is 290 g/mol. The lowest BCUT2D eigenvalue weighted by Gasteiger charge is -2.22. The lowest BCUT2D eigenvalue weighted by Crippen LogP contribution is -2.34. The molecular weight excluding hydrogens is 268 g/mol. The van der Waals surface area contributed by atoms with Gasteiger partial charge in [-0.05, 0) is 49.9 Å². The van der Waals surface area contributed by atoms with Crippen molar-refractivity contribution < 1.29 is 14.7 Å². The van der Waals surface area contributed by atoms with E-state index in [1.807, 2.05) is 6.07 Å². The minimum absolute atomic E-state index is 0.0523. The number of piperidine rings is 1. The van der Waals surface area contributed by atoms with E-state index in [0.717, 1.165) is 31.5 Å². The first kappa shape index (κ1) is 15.5. The summed E-state index contributed by atoms with van der Waals surface area (Å²) < 4.78 is 0. The highest BCUT2D eigenvalue weighted by atomic mass is 16.4. The van der Waals surface area contributed by atoms with Gasteiger partial charge < -0.3 is 15.7 Å². The number of amides is 1. The van der Waals surface area contributed by atoms with Gasteiger partial charge in [-0.1, -0.05) is 18.2 Å². The van der Waals surface area contributed by atoms with Gasteiger partial charge in [-0.2, -0.15) is 0 Å². The van der Waals surface area contributed by atoms with Crippen molar-refractivity contribution in [2.45, 2.75) is 25.7 Å². The molecule has 0 spiro atoms. The Labute approximate surface area is 124 Å². The maximum absolute atomic E-state index is 11.9. The number of aromatic carboxylic acids is 1. The maximum atomic E-state index is 11.9. The number of rotatable bonds is 6. The van der Waals surface area contributed by atoms with Crippen LogP contribution in [0.3, 0.4) is 0 Å². The molecule has 1 aromatic carbocycles. The van der Waals surface area contributed by atoms with Crippen molar-refractivity contribution in [3.63, 3.8) is 0 Å². The van der Waals surface area contributed by atoms with Crippen molar-refractivity contribution in [1.82, 2.24) is 10.6 Å². The van der Waals surface area contributed by atoms with Crippen molar-refractivity contribution in [2.24, 2.45) is 5.92 Å². The fourth-order valence-electron chi connectivity index (χ4n) is 2.72. The van der Waals surface area contributed by atoms with Crippen molar-refractivity contribution in [3.8, 4) is 0 Å². The molecule has 2 rings (SSSR count). The zero-order valence-corrected chi connectivity index (χ0v) is 12.1. The first-order chi connectivity index (χ1) is 10.2. The molecule has 5 nitrogen and oxygen atoms in total. The second-order valence-electron chi connectivity index (χ2n) is 5.48. The number of benzene rings is 1. The molecule has 1 aromatic rings. The number of carbonyl (C=O) groups is 2. The first-order valence-corrected chi connectivity index (χ1v) is 7.45. The Kier molecular flexibility index (Phi) is 5.75. The monoisotopic (exact) mass is 290 g/mol. The Hall–Kier alpha value is -1.88. The molecule has 0 aliphatic carbocycles. The number of carboxylic acids is 1. The van der Waals surface area contributed by atoms with Crippen LogP contribution in [-0.2, 0) is 11.2 Å². The average Bonchev–Trinajstić information content (AvgIpc) is 2.48. The fourth-order valence-corrected chi connectivity index (χ4v) is 2.72. The highest BCUT2D eigenvalue weighted by Gasteiger charge is 2.16. The Morgan fingerprint density at radius 1 is 1.33 bits per heavy atom. The van der Waals surface area contributed by atoms with E-state index in [0.29, 0.717) is 30.9 Å². The van der Waals surface area contributed by atoms with Crippen LogP contribution in [0, 0.1) is 5.92 Å². The van der Waals surface area contributed by atoms with Gasteiger partial charge >= 0.3 is 5.97 Å². The summed E-state index contributed by atoms with van der Waals surface area (Å²) in [5.41, 5.74) is 1.06. The normalized spacial score (nSPS) is 18.2. The van der Waals surface area contributed by atoms with E-state index in [2.05, 4.69) is 10.6 Å². The maximum Gasteiger partial charge on any atom is 0.335 e. The molecule has 1 amide bonds. The summed E-state index contributed by atoms with van der Waals surface area (Å²) in [6.07, 6.45) is 3.32. The lowest BCUT2D eigenvalue weighted by molar-refractivity contribution is -0.122. The van der Waals surface area contributed by atoms with Gasteiger partial charge in [0.1, 0.15) is 0 Å². The molecule has 1 saturated heterocycles. The minimum Gasteiger partial charge on any atom is -0.478 e. The molecule has 1 unspecified atom stereocenters. The molecule has 3 N–H and O–H groups in total. The molecule has 1 aliphatic heterocycles. The number of nitrogens with one attached hydrogen (secondary N) is 2. The second kappa shape index (κ2) is 7.78. The standard InChI is InChI=1S/C16H22N2O3/c19-15(10-12-4-3-8-17-11-12)18-9-7-13-5-1-2-6-14(13)16(20)21/h1-2,5-6,12,17H,3-4,7-11H2,(H,18,19)(H,20,21). The predicted octanol–water partition coefficient (Wildman–Crippen LogP) is 1.43. The molecule has 5 heteroatoms. The van der Waals surface area contributed by atoms with Crippen LogP contribution in [0.15, 0.2) is 24.3 Å². The number of hydrogen-bond donors (Lipinski definition) is 3. The van der Waals surface area contributed by atoms with Crippen molar-refractivity contribution >= 4 is 11.9 Å². The van der Waals surface area contributed by atoms with Gasteiger partial charge in [0, 0.05) is 13.0 Å². The summed E-state index contributed by atoms with van der Waals surface area (Å²) in [5.74, 6) is -0.452. The van der Waals surface area contributed by atoms with Crippen LogP contribution in [0.5, 0.6) is 0 Å². The Morgan fingerprint density at radius 2 is 2.14 bits per heavy atom. The van der Waals surface area contributed by atoms with Gasteiger partial charge in [-0.15, -0.1) is 0 Å². The van der Waals surface area contributed by atoms with Crippen LogP contribution in [0.1, 0.15) is 35.2 Å². The molecule has 21 heavy (non-hydrogen) atoms. The van der Waals surface area contributed by atoms with Gasteiger partial charge in [-0.3, -0.25) is 4.79 Å². The van der Waals surface area contributed by atoms with Crippen LogP contribution in [0.2, 0.25) is 0 Å². The fraction of sp³-hybridized carbons (Fsp3) is 0.500. The zero-order valence-electron chi connectivity index (χ0n) is 12.1. The van der Waals surface area contributed by atoms with Crippen LogP contribution >= 0.6 is 0 Å². The van der Waals surface area contributed by atoms with Crippen molar-refractivity contribution in [1.29, 1.82) is 0 Å².